The molecule has 0 aliphatic carbocycles. The van der Waals surface area contributed by atoms with Crippen LogP contribution in [0.4, 0.5) is 0 Å². The van der Waals surface area contributed by atoms with Gasteiger partial charge in [0.2, 0.25) is 0 Å². The average Bonchev–Trinajstić information content (AvgIpc) is 2.76. The average molecular weight is 470 g/mol. The quantitative estimate of drug-likeness (QED) is 0.145. The zero-order chi connectivity index (χ0) is 25.3. The maximum Gasteiger partial charge on any atom is 0.362 e. The lowest BCUT2D eigenvalue weighted by Gasteiger charge is -2.52. The lowest BCUT2D eigenvalue weighted by molar-refractivity contribution is -0.975. The van der Waals surface area contributed by atoms with Crippen molar-refractivity contribution in [1.82, 2.24) is 0 Å². The number of unbranched alkanes of at least 4 members (excludes halogenated alkanes) is 6. The van der Waals surface area contributed by atoms with Crippen LogP contribution in [0.1, 0.15) is 111 Å². The molecule has 0 aliphatic rings. The molecule has 0 saturated heterocycles. The third kappa shape index (κ3) is 9.86. The lowest BCUT2D eigenvalue weighted by atomic mass is 9.91. The molecule has 0 bridgehead atoms. The van der Waals surface area contributed by atoms with Gasteiger partial charge in [-0.15, -0.1) is 0 Å². The highest BCUT2D eigenvalue weighted by atomic mass is 16.4. The van der Waals surface area contributed by atoms with Gasteiger partial charge in [-0.3, -0.25) is 4.48 Å². The van der Waals surface area contributed by atoms with E-state index in [4.69, 9.17) is 0 Å². The number of hydrogen-bond donors (Lipinski definition) is 2. The Morgan fingerprint density at radius 3 is 1.58 bits per heavy atom. The molecule has 192 valence electrons. The van der Waals surface area contributed by atoms with E-state index < -0.39 is 40.5 Å². The van der Waals surface area contributed by atoms with Gasteiger partial charge in [-0.25, -0.2) is 9.59 Å². The largest absolute Gasteiger partial charge is 0.544 e. The Kier molecular flexibility index (Phi) is 16.6. The summed E-state index contributed by atoms with van der Waals surface area (Å²) in [5, 5.41) is 32.6. The van der Waals surface area contributed by atoms with E-state index in [-0.39, 0.29) is 25.8 Å². The molecule has 0 aromatic rings. The molecule has 3 unspecified atom stereocenters. The second-order valence-electron chi connectivity index (χ2n) is 9.11. The van der Waals surface area contributed by atoms with Crippen molar-refractivity contribution < 1.29 is 34.2 Å². The number of quaternary nitrogens is 1. The molecular weight excluding hydrogens is 422 g/mol. The number of hydrogen-bond acceptors (Lipinski definition) is 4. The van der Waals surface area contributed by atoms with Crippen molar-refractivity contribution >= 4 is 17.9 Å². The van der Waals surface area contributed by atoms with E-state index in [0.29, 0.717) is 25.7 Å². The number of nitrogens with zero attached hydrogens (tertiary/aromatic N) is 1. The van der Waals surface area contributed by atoms with Gasteiger partial charge in [0.1, 0.15) is 6.04 Å². The molecule has 0 aromatic carbocycles. The van der Waals surface area contributed by atoms with E-state index >= 15 is 0 Å². The van der Waals surface area contributed by atoms with E-state index in [9.17, 15) is 29.7 Å². The van der Waals surface area contributed by atoms with Crippen molar-refractivity contribution in [3.05, 3.63) is 12.2 Å². The summed E-state index contributed by atoms with van der Waals surface area (Å²) >= 11 is 0. The van der Waals surface area contributed by atoms with Crippen molar-refractivity contribution in [2.45, 2.75) is 129 Å². The fourth-order valence-electron chi connectivity index (χ4n) is 5.15. The third-order valence-electron chi connectivity index (χ3n) is 6.67. The summed E-state index contributed by atoms with van der Waals surface area (Å²) in [6, 6.07) is -3.33. The van der Waals surface area contributed by atoms with Gasteiger partial charge in [-0.05, 0) is 45.4 Å². The van der Waals surface area contributed by atoms with Crippen LogP contribution >= 0.6 is 0 Å². The first-order valence-electron chi connectivity index (χ1n) is 12.9. The maximum absolute atomic E-state index is 12.4. The number of carbonyl (C=O) groups excluding carboxylic acids is 1. The molecule has 0 spiro atoms. The van der Waals surface area contributed by atoms with Crippen LogP contribution in [0, 0.1) is 0 Å². The summed E-state index contributed by atoms with van der Waals surface area (Å²) in [7, 11) is 0. The number of aliphatic carboxylic acids is 3. The molecule has 0 fully saturated rings. The van der Waals surface area contributed by atoms with Crippen molar-refractivity contribution in [1.29, 1.82) is 0 Å². The lowest BCUT2D eigenvalue weighted by Crippen LogP contribution is -2.74. The van der Waals surface area contributed by atoms with Crippen molar-refractivity contribution in [2.75, 3.05) is 6.54 Å². The van der Waals surface area contributed by atoms with Gasteiger partial charge < -0.3 is 20.1 Å². The third-order valence-corrected chi connectivity index (χ3v) is 6.67. The fourth-order valence-corrected chi connectivity index (χ4v) is 5.15. The Morgan fingerprint density at radius 2 is 1.18 bits per heavy atom. The first-order valence-corrected chi connectivity index (χ1v) is 12.9. The number of rotatable bonds is 21. The molecule has 33 heavy (non-hydrogen) atoms. The zero-order valence-electron chi connectivity index (χ0n) is 21.3. The van der Waals surface area contributed by atoms with Crippen LogP contribution in [0.3, 0.4) is 0 Å². The Bertz CT molecular complexity index is 544. The number of allylic oxidation sites excluding steroid dienone is 2. The van der Waals surface area contributed by atoms with Crippen LogP contribution < -0.4 is 5.11 Å². The summed E-state index contributed by atoms with van der Waals surface area (Å²) in [5.74, 6) is -3.58. The predicted molar refractivity (Wildman–Crippen MR) is 129 cm³/mol. The Hall–Kier alpha value is -1.89. The predicted octanol–water partition coefficient (Wildman–Crippen LogP) is 4.54. The highest BCUT2D eigenvalue weighted by molar-refractivity contribution is 5.77. The van der Waals surface area contributed by atoms with Crippen LogP contribution in [-0.2, 0) is 14.4 Å². The van der Waals surface area contributed by atoms with Crippen LogP contribution in [0.15, 0.2) is 12.2 Å². The minimum absolute atomic E-state index is 0.203. The molecule has 0 rings (SSSR count). The van der Waals surface area contributed by atoms with E-state index in [1.807, 2.05) is 33.8 Å². The number of carbonyl (C=O) groups is 3. The zero-order valence-corrected chi connectivity index (χ0v) is 21.3. The van der Waals surface area contributed by atoms with Gasteiger partial charge in [-0.1, -0.05) is 58.6 Å². The summed E-state index contributed by atoms with van der Waals surface area (Å²) < 4.78 is -0.441. The van der Waals surface area contributed by atoms with Gasteiger partial charge in [0.25, 0.3) is 0 Å². The highest BCUT2D eigenvalue weighted by Crippen LogP contribution is 2.34. The standard InChI is InChI=1S/C26H47NO6/c1-5-9-10-11-12-13-14-15-16-20-27(21(17-6-2)24(28)29,22(18-7-3)25(30)31)23(19-8-4)26(32)33/h5,9,21-23H,6-8,10-20H2,1-4H3,(H2-,28,29,30,31,32,33)/b9-5+. The summed E-state index contributed by atoms with van der Waals surface area (Å²) in [5.41, 5.74) is 0. The summed E-state index contributed by atoms with van der Waals surface area (Å²) in [6.07, 6.45) is 13.2. The van der Waals surface area contributed by atoms with Crippen molar-refractivity contribution in [3.63, 3.8) is 0 Å². The fraction of sp³-hybridized carbons (Fsp3) is 0.808. The molecule has 0 radical (unpaired) electrons. The summed E-state index contributed by atoms with van der Waals surface area (Å²) in [6.45, 7) is 7.77. The van der Waals surface area contributed by atoms with E-state index in [2.05, 4.69) is 6.08 Å². The topological polar surface area (TPSA) is 115 Å². The molecule has 7 nitrogen and oxygen atoms in total. The molecule has 0 saturated carbocycles. The molecular formula is C26H47NO6. The van der Waals surface area contributed by atoms with Gasteiger partial charge >= 0.3 is 11.9 Å². The number of carboxylic acids is 3. The smallest absolute Gasteiger partial charge is 0.362 e. The second-order valence-corrected chi connectivity index (χ2v) is 9.11. The second kappa shape index (κ2) is 17.6. The van der Waals surface area contributed by atoms with E-state index in [1.165, 1.54) is 0 Å². The Morgan fingerprint density at radius 1 is 0.758 bits per heavy atom. The van der Waals surface area contributed by atoms with Crippen molar-refractivity contribution in [2.24, 2.45) is 0 Å². The Balaban J connectivity index is 5.98. The SMILES string of the molecule is C/C=C/CCCCCCCC[N+](C(CCC)C(=O)[O-])(C(CCC)C(=O)O)C(CCC)C(=O)O. The molecule has 0 heterocycles. The molecule has 7 heteroatoms. The summed E-state index contributed by atoms with van der Waals surface area (Å²) in [4.78, 5) is 37.2. The Labute approximate surface area is 200 Å². The molecule has 0 aromatic heterocycles. The number of carboxylic acid groups (broad SMARTS) is 3. The first-order chi connectivity index (χ1) is 15.7. The van der Waals surface area contributed by atoms with Gasteiger partial charge in [-0.2, -0.15) is 0 Å². The monoisotopic (exact) mass is 469 g/mol. The normalized spacial score (nSPS) is 16.2. The minimum Gasteiger partial charge on any atom is -0.544 e. The van der Waals surface area contributed by atoms with Crippen LogP contribution in [0.2, 0.25) is 0 Å². The molecule has 2 N–H and O–H groups in total. The first kappa shape index (κ1) is 31.1. The van der Waals surface area contributed by atoms with Crippen LogP contribution in [0.5, 0.6) is 0 Å². The van der Waals surface area contributed by atoms with E-state index in [1.54, 1.807) is 0 Å². The minimum atomic E-state index is -1.34. The van der Waals surface area contributed by atoms with Crippen LogP contribution in [-0.4, -0.2) is 57.3 Å². The van der Waals surface area contributed by atoms with Gasteiger partial charge in [0, 0.05) is 19.3 Å². The van der Waals surface area contributed by atoms with Crippen LogP contribution in [0.25, 0.3) is 0 Å². The van der Waals surface area contributed by atoms with E-state index in [0.717, 1.165) is 38.5 Å². The van der Waals surface area contributed by atoms with Gasteiger partial charge in [0.15, 0.2) is 12.1 Å². The molecule has 3 atom stereocenters. The molecule has 0 aliphatic heterocycles. The maximum atomic E-state index is 12.4. The highest BCUT2D eigenvalue weighted by Gasteiger charge is 2.54. The van der Waals surface area contributed by atoms with Gasteiger partial charge in [0.05, 0.1) is 12.5 Å². The van der Waals surface area contributed by atoms with Crippen molar-refractivity contribution in [3.8, 4) is 0 Å². The molecule has 0 amide bonds.